The maximum absolute atomic E-state index is 12.2. The predicted molar refractivity (Wildman–Crippen MR) is 103 cm³/mol. The Morgan fingerprint density at radius 3 is 2.62 bits per heavy atom. The van der Waals surface area contributed by atoms with Crippen molar-refractivity contribution in [3.63, 3.8) is 0 Å². The molecule has 0 bridgehead atoms. The van der Waals surface area contributed by atoms with E-state index in [1.54, 1.807) is 12.1 Å². The maximum Gasteiger partial charge on any atom is 0.270 e. The number of carbonyl (C=O) groups is 1. The minimum absolute atomic E-state index is 0.195. The average molecular weight is 351 g/mol. The normalized spacial score (nSPS) is 14.9. The summed E-state index contributed by atoms with van der Waals surface area (Å²) in [6.45, 7) is 10.5. The highest BCUT2D eigenvalue weighted by atomic mass is 16.1. The molecule has 0 spiro atoms. The second-order valence-electron chi connectivity index (χ2n) is 6.41. The van der Waals surface area contributed by atoms with Crippen LogP contribution in [0.15, 0.2) is 49.1 Å². The molecular formula is C20H25N5O. The van der Waals surface area contributed by atoms with Gasteiger partial charge in [0.05, 0.1) is 0 Å². The van der Waals surface area contributed by atoms with Gasteiger partial charge in [0.2, 0.25) is 0 Å². The second kappa shape index (κ2) is 8.58. The predicted octanol–water partition coefficient (Wildman–Crippen LogP) is 2.02. The standard InChI is InChI=1S/C20H25N5O/c1-3-9-21-20(26)18-14-19(23-16(2)22-18)25-12-10-24(11-13-25)15-17-7-5-4-6-8-17/h3-8,14H,1,9-13,15H2,2H3,(H,21,26). The summed E-state index contributed by atoms with van der Waals surface area (Å²) in [5.41, 5.74) is 1.74. The fourth-order valence-corrected chi connectivity index (χ4v) is 3.06. The summed E-state index contributed by atoms with van der Waals surface area (Å²) >= 11 is 0. The summed E-state index contributed by atoms with van der Waals surface area (Å²) in [5, 5.41) is 2.77. The fourth-order valence-electron chi connectivity index (χ4n) is 3.06. The number of anilines is 1. The highest BCUT2D eigenvalue weighted by molar-refractivity contribution is 5.93. The molecule has 1 aliphatic rings. The van der Waals surface area contributed by atoms with E-state index in [9.17, 15) is 4.79 Å². The Hall–Kier alpha value is -2.73. The number of amides is 1. The van der Waals surface area contributed by atoms with Crippen molar-refractivity contribution in [1.82, 2.24) is 20.2 Å². The lowest BCUT2D eigenvalue weighted by Crippen LogP contribution is -2.46. The zero-order chi connectivity index (χ0) is 18.4. The van der Waals surface area contributed by atoms with Gasteiger partial charge in [0.15, 0.2) is 0 Å². The Morgan fingerprint density at radius 1 is 1.19 bits per heavy atom. The maximum atomic E-state index is 12.2. The number of hydrogen-bond acceptors (Lipinski definition) is 5. The molecule has 136 valence electrons. The van der Waals surface area contributed by atoms with Gasteiger partial charge in [-0.2, -0.15) is 0 Å². The van der Waals surface area contributed by atoms with Gasteiger partial charge in [0, 0.05) is 45.3 Å². The lowest BCUT2D eigenvalue weighted by molar-refractivity contribution is 0.0952. The minimum Gasteiger partial charge on any atom is -0.354 e. The summed E-state index contributed by atoms with van der Waals surface area (Å²) in [4.78, 5) is 25.6. The van der Waals surface area contributed by atoms with Crippen LogP contribution in [0.5, 0.6) is 0 Å². The monoisotopic (exact) mass is 351 g/mol. The van der Waals surface area contributed by atoms with Crippen molar-refractivity contribution >= 4 is 11.7 Å². The van der Waals surface area contributed by atoms with Crippen molar-refractivity contribution in [3.05, 3.63) is 66.1 Å². The highest BCUT2D eigenvalue weighted by Gasteiger charge is 2.20. The van der Waals surface area contributed by atoms with Crippen LogP contribution < -0.4 is 10.2 Å². The summed E-state index contributed by atoms with van der Waals surface area (Å²) in [6, 6.07) is 12.3. The molecule has 0 radical (unpaired) electrons. The first kappa shape index (κ1) is 18.1. The number of nitrogens with zero attached hydrogens (tertiary/aromatic N) is 4. The molecule has 0 atom stereocenters. The van der Waals surface area contributed by atoms with Crippen LogP contribution in [0.2, 0.25) is 0 Å². The summed E-state index contributed by atoms with van der Waals surface area (Å²) in [6.07, 6.45) is 1.65. The number of rotatable bonds is 6. The molecule has 1 amide bonds. The smallest absolute Gasteiger partial charge is 0.270 e. The molecule has 1 saturated heterocycles. The fraction of sp³-hybridized carbons (Fsp3) is 0.350. The zero-order valence-electron chi connectivity index (χ0n) is 15.2. The third-order valence-electron chi connectivity index (χ3n) is 4.41. The topological polar surface area (TPSA) is 61.4 Å². The number of aryl methyl sites for hydroxylation is 1. The van der Waals surface area contributed by atoms with Crippen molar-refractivity contribution in [2.24, 2.45) is 0 Å². The van der Waals surface area contributed by atoms with E-state index in [0.29, 0.717) is 18.1 Å². The Labute approximate surface area is 154 Å². The number of piperazine rings is 1. The first-order valence-corrected chi connectivity index (χ1v) is 8.91. The lowest BCUT2D eigenvalue weighted by Gasteiger charge is -2.35. The zero-order valence-corrected chi connectivity index (χ0v) is 15.2. The molecule has 2 aromatic rings. The van der Waals surface area contributed by atoms with Crippen molar-refractivity contribution < 1.29 is 4.79 Å². The van der Waals surface area contributed by atoms with Gasteiger partial charge in [-0.15, -0.1) is 6.58 Å². The molecule has 2 heterocycles. The summed E-state index contributed by atoms with van der Waals surface area (Å²) < 4.78 is 0. The second-order valence-corrected chi connectivity index (χ2v) is 6.41. The molecule has 1 N–H and O–H groups in total. The largest absolute Gasteiger partial charge is 0.354 e. The van der Waals surface area contributed by atoms with E-state index >= 15 is 0 Å². The summed E-state index contributed by atoms with van der Waals surface area (Å²) in [5.74, 6) is 1.23. The number of nitrogens with one attached hydrogen (secondary N) is 1. The van der Waals surface area contributed by atoms with E-state index in [1.165, 1.54) is 5.56 Å². The van der Waals surface area contributed by atoms with Crippen LogP contribution in [0, 0.1) is 6.92 Å². The first-order chi connectivity index (χ1) is 12.7. The van der Waals surface area contributed by atoms with Crippen molar-refractivity contribution in [2.75, 3.05) is 37.6 Å². The first-order valence-electron chi connectivity index (χ1n) is 8.91. The molecule has 0 unspecified atom stereocenters. The van der Waals surface area contributed by atoms with Gasteiger partial charge in [-0.1, -0.05) is 36.4 Å². The van der Waals surface area contributed by atoms with Crippen LogP contribution in [0.1, 0.15) is 21.9 Å². The van der Waals surface area contributed by atoms with Gasteiger partial charge in [-0.25, -0.2) is 9.97 Å². The van der Waals surface area contributed by atoms with Crippen molar-refractivity contribution in [3.8, 4) is 0 Å². The van der Waals surface area contributed by atoms with Crippen molar-refractivity contribution in [2.45, 2.75) is 13.5 Å². The molecule has 0 saturated carbocycles. The van der Waals surface area contributed by atoms with Crippen LogP contribution in [0.3, 0.4) is 0 Å². The van der Waals surface area contributed by atoms with E-state index in [4.69, 9.17) is 0 Å². The van der Waals surface area contributed by atoms with Gasteiger partial charge in [0.25, 0.3) is 5.91 Å². The van der Waals surface area contributed by atoms with Crippen molar-refractivity contribution in [1.29, 1.82) is 0 Å². The molecule has 6 heteroatoms. The molecule has 3 rings (SSSR count). The Bertz CT molecular complexity index is 754. The van der Waals surface area contributed by atoms with E-state index in [0.717, 1.165) is 38.5 Å². The SMILES string of the molecule is C=CCNC(=O)c1cc(N2CCN(Cc3ccccc3)CC2)nc(C)n1. The molecule has 1 aromatic heterocycles. The van der Waals surface area contributed by atoms with Crippen LogP contribution in [0.4, 0.5) is 5.82 Å². The van der Waals surface area contributed by atoms with Crippen LogP contribution in [-0.4, -0.2) is 53.5 Å². The lowest BCUT2D eigenvalue weighted by atomic mass is 10.2. The molecule has 0 aliphatic carbocycles. The van der Waals surface area contributed by atoms with Crippen LogP contribution in [0.25, 0.3) is 0 Å². The van der Waals surface area contributed by atoms with Gasteiger partial charge >= 0.3 is 0 Å². The number of carbonyl (C=O) groups excluding carboxylic acids is 1. The molecule has 26 heavy (non-hydrogen) atoms. The van der Waals surface area contributed by atoms with E-state index in [-0.39, 0.29) is 5.91 Å². The van der Waals surface area contributed by atoms with Gasteiger partial charge in [0.1, 0.15) is 17.3 Å². The Balaban J connectivity index is 1.62. The Kier molecular flexibility index (Phi) is 5.96. The number of benzene rings is 1. The minimum atomic E-state index is -0.195. The average Bonchev–Trinajstić information content (AvgIpc) is 2.67. The quantitative estimate of drug-likeness (QED) is 0.807. The molecular weight excluding hydrogens is 326 g/mol. The molecule has 1 aliphatic heterocycles. The van der Waals surface area contributed by atoms with E-state index < -0.39 is 0 Å². The van der Waals surface area contributed by atoms with Gasteiger partial charge in [-0.05, 0) is 12.5 Å². The van der Waals surface area contributed by atoms with Crippen LogP contribution in [-0.2, 0) is 6.54 Å². The van der Waals surface area contributed by atoms with Gasteiger partial charge < -0.3 is 10.2 Å². The van der Waals surface area contributed by atoms with E-state index in [1.807, 2.05) is 13.0 Å². The molecule has 1 aromatic carbocycles. The number of hydrogen-bond donors (Lipinski definition) is 1. The van der Waals surface area contributed by atoms with E-state index in [2.05, 4.69) is 55.9 Å². The van der Waals surface area contributed by atoms with Crippen LogP contribution >= 0.6 is 0 Å². The van der Waals surface area contributed by atoms with Gasteiger partial charge in [-0.3, -0.25) is 9.69 Å². The summed E-state index contributed by atoms with van der Waals surface area (Å²) in [7, 11) is 0. The third-order valence-corrected chi connectivity index (χ3v) is 4.41. The third kappa shape index (κ3) is 4.67. The number of aromatic nitrogens is 2. The molecule has 1 fully saturated rings. The highest BCUT2D eigenvalue weighted by Crippen LogP contribution is 2.16. The molecule has 6 nitrogen and oxygen atoms in total. The Morgan fingerprint density at radius 2 is 1.92 bits per heavy atom.